The first kappa shape index (κ1) is 19.3. The molecular weight excluding hydrogens is 358 g/mol. The number of aromatic nitrogens is 1. The van der Waals surface area contributed by atoms with Gasteiger partial charge in [0.15, 0.2) is 5.13 Å². The van der Waals surface area contributed by atoms with Crippen LogP contribution in [-0.2, 0) is 16.0 Å². The van der Waals surface area contributed by atoms with Gasteiger partial charge in [-0.2, -0.15) is 0 Å². The first-order valence-corrected chi connectivity index (χ1v) is 10.2. The maximum atomic E-state index is 12.5. The molecule has 0 unspecified atom stereocenters. The number of carbonyl (C=O) groups excluding carboxylic acids is 2. The van der Waals surface area contributed by atoms with E-state index in [2.05, 4.69) is 17.2 Å². The van der Waals surface area contributed by atoms with Gasteiger partial charge in [-0.1, -0.05) is 37.3 Å². The van der Waals surface area contributed by atoms with Crippen molar-refractivity contribution in [2.24, 2.45) is 5.92 Å². The second-order valence-corrected chi connectivity index (χ2v) is 7.91. The molecule has 1 aliphatic rings. The summed E-state index contributed by atoms with van der Waals surface area (Å²) in [5.74, 6) is -0.0550. The number of benzene rings is 1. The van der Waals surface area contributed by atoms with E-state index in [4.69, 9.17) is 0 Å². The molecule has 5 nitrogen and oxygen atoms in total. The average molecular weight is 384 g/mol. The largest absolute Gasteiger partial charge is 0.339 e. The van der Waals surface area contributed by atoms with Gasteiger partial charge in [-0.3, -0.25) is 9.59 Å². The fourth-order valence-electron chi connectivity index (χ4n) is 3.22. The summed E-state index contributed by atoms with van der Waals surface area (Å²) >= 11 is 1.52. The van der Waals surface area contributed by atoms with Gasteiger partial charge < -0.3 is 10.2 Å². The SMILES string of the molecule is CCc1nc(NC(=O)C2CCN(C(=O)/C=C\c3ccccc3)CC2)sc1C. The van der Waals surface area contributed by atoms with Crippen LogP contribution in [0.15, 0.2) is 36.4 Å². The van der Waals surface area contributed by atoms with Crippen LogP contribution in [0, 0.1) is 12.8 Å². The maximum Gasteiger partial charge on any atom is 0.246 e. The molecule has 3 rings (SSSR count). The summed E-state index contributed by atoms with van der Waals surface area (Å²) < 4.78 is 0. The quantitative estimate of drug-likeness (QED) is 0.797. The van der Waals surface area contributed by atoms with E-state index in [1.807, 2.05) is 48.2 Å². The molecule has 0 radical (unpaired) electrons. The van der Waals surface area contributed by atoms with Crippen LogP contribution in [0.4, 0.5) is 5.13 Å². The Hall–Kier alpha value is -2.47. The fraction of sp³-hybridized carbons (Fsp3) is 0.381. The number of likely N-dealkylation sites (tertiary alicyclic amines) is 1. The zero-order valence-electron chi connectivity index (χ0n) is 15.8. The lowest BCUT2D eigenvalue weighted by Crippen LogP contribution is -2.40. The Balaban J connectivity index is 1.49. The van der Waals surface area contributed by atoms with E-state index >= 15 is 0 Å². The topological polar surface area (TPSA) is 62.3 Å². The monoisotopic (exact) mass is 383 g/mol. The number of piperidine rings is 1. The summed E-state index contributed by atoms with van der Waals surface area (Å²) in [5.41, 5.74) is 2.05. The molecule has 6 heteroatoms. The standard InChI is InChI=1S/C21H25N3O2S/c1-3-18-15(2)27-21(22-18)23-20(26)17-11-13-24(14-12-17)19(25)10-9-16-7-5-4-6-8-16/h4-10,17H,3,11-14H2,1-2H3,(H,22,23,26)/b10-9-. The van der Waals surface area contributed by atoms with E-state index in [0.717, 1.165) is 22.6 Å². The third-order valence-electron chi connectivity index (χ3n) is 4.85. The molecule has 1 N–H and O–H groups in total. The molecule has 0 saturated carbocycles. The van der Waals surface area contributed by atoms with Crippen LogP contribution < -0.4 is 5.32 Å². The lowest BCUT2D eigenvalue weighted by Gasteiger charge is -2.30. The maximum absolute atomic E-state index is 12.5. The second-order valence-electron chi connectivity index (χ2n) is 6.71. The second kappa shape index (κ2) is 8.95. The van der Waals surface area contributed by atoms with Gasteiger partial charge in [-0.25, -0.2) is 4.98 Å². The van der Waals surface area contributed by atoms with Crippen molar-refractivity contribution in [2.75, 3.05) is 18.4 Å². The molecule has 27 heavy (non-hydrogen) atoms. The minimum absolute atomic E-state index is 0.000784. The van der Waals surface area contributed by atoms with Crippen LogP contribution >= 0.6 is 11.3 Å². The summed E-state index contributed by atoms with van der Waals surface area (Å²) in [6.45, 7) is 5.30. The molecule has 0 bridgehead atoms. The molecule has 2 heterocycles. The molecule has 2 amide bonds. The van der Waals surface area contributed by atoms with Gasteiger partial charge in [0, 0.05) is 30.0 Å². The van der Waals surface area contributed by atoms with Crippen molar-refractivity contribution in [2.45, 2.75) is 33.1 Å². The average Bonchev–Trinajstić information content (AvgIpc) is 3.06. The number of nitrogens with zero attached hydrogens (tertiary/aromatic N) is 2. The van der Waals surface area contributed by atoms with Gasteiger partial charge in [0.05, 0.1) is 5.69 Å². The molecule has 0 aliphatic carbocycles. The normalized spacial score (nSPS) is 15.3. The number of rotatable bonds is 5. The number of hydrogen-bond donors (Lipinski definition) is 1. The molecule has 1 fully saturated rings. The van der Waals surface area contributed by atoms with E-state index in [0.29, 0.717) is 31.1 Å². The Bertz CT molecular complexity index is 821. The Morgan fingerprint density at radius 3 is 2.59 bits per heavy atom. The van der Waals surface area contributed by atoms with Crippen LogP contribution in [0.5, 0.6) is 0 Å². The van der Waals surface area contributed by atoms with Crippen LogP contribution in [0.1, 0.15) is 35.9 Å². The van der Waals surface area contributed by atoms with Crippen molar-refractivity contribution >= 4 is 34.4 Å². The molecule has 1 aliphatic heterocycles. The number of nitrogens with one attached hydrogen (secondary N) is 1. The van der Waals surface area contributed by atoms with Crippen LogP contribution in [-0.4, -0.2) is 34.8 Å². The summed E-state index contributed by atoms with van der Waals surface area (Å²) in [4.78, 5) is 32.3. The van der Waals surface area contributed by atoms with E-state index in [-0.39, 0.29) is 17.7 Å². The van der Waals surface area contributed by atoms with Gasteiger partial charge in [-0.05, 0) is 37.8 Å². The van der Waals surface area contributed by atoms with Crippen molar-refractivity contribution < 1.29 is 9.59 Å². The van der Waals surface area contributed by atoms with Crippen LogP contribution in [0.25, 0.3) is 6.08 Å². The van der Waals surface area contributed by atoms with Crippen LogP contribution in [0.2, 0.25) is 0 Å². The summed E-state index contributed by atoms with van der Waals surface area (Å²) in [6, 6.07) is 9.77. The number of carbonyl (C=O) groups is 2. The first-order chi connectivity index (χ1) is 13.1. The lowest BCUT2D eigenvalue weighted by atomic mass is 9.96. The smallest absolute Gasteiger partial charge is 0.246 e. The molecule has 1 saturated heterocycles. The van der Waals surface area contributed by atoms with Crippen molar-refractivity contribution in [1.82, 2.24) is 9.88 Å². The Morgan fingerprint density at radius 1 is 1.26 bits per heavy atom. The molecule has 2 aromatic rings. The molecular formula is C21H25N3O2S. The van der Waals surface area contributed by atoms with Crippen molar-refractivity contribution in [3.8, 4) is 0 Å². The lowest BCUT2D eigenvalue weighted by molar-refractivity contribution is -0.130. The van der Waals surface area contributed by atoms with Crippen molar-refractivity contribution in [3.63, 3.8) is 0 Å². The summed E-state index contributed by atoms with van der Waals surface area (Å²) in [6.07, 6.45) is 5.68. The third-order valence-corrected chi connectivity index (χ3v) is 5.78. The highest BCUT2D eigenvalue weighted by molar-refractivity contribution is 7.15. The van der Waals surface area contributed by atoms with Gasteiger partial charge in [-0.15, -0.1) is 11.3 Å². The fourth-order valence-corrected chi connectivity index (χ4v) is 4.12. The van der Waals surface area contributed by atoms with E-state index < -0.39 is 0 Å². The molecule has 0 atom stereocenters. The minimum atomic E-state index is -0.0681. The van der Waals surface area contributed by atoms with Crippen molar-refractivity contribution in [3.05, 3.63) is 52.5 Å². The third kappa shape index (κ3) is 5.04. The zero-order valence-corrected chi connectivity index (χ0v) is 16.6. The van der Waals surface area contributed by atoms with E-state index in [1.165, 1.54) is 11.3 Å². The molecule has 1 aromatic heterocycles. The van der Waals surface area contributed by atoms with Gasteiger partial charge >= 0.3 is 0 Å². The minimum Gasteiger partial charge on any atom is -0.339 e. The Kier molecular flexibility index (Phi) is 6.40. The molecule has 142 valence electrons. The summed E-state index contributed by atoms with van der Waals surface area (Å²) in [5, 5.41) is 3.63. The number of aryl methyl sites for hydroxylation is 2. The van der Waals surface area contributed by atoms with Crippen LogP contribution in [0.3, 0.4) is 0 Å². The number of anilines is 1. The van der Waals surface area contributed by atoms with Gasteiger partial charge in [0.1, 0.15) is 0 Å². The van der Waals surface area contributed by atoms with E-state index in [1.54, 1.807) is 6.08 Å². The Morgan fingerprint density at radius 2 is 1.96 bits per heavy atom. The summed E-state index contributed by atoms with van der Waals surface area (Å²) in [7, 11) is 0. The predicted octanol–water partition coefficient (Wildman–Crippen LogP) is 3.90. The molecule has 0 spiro atoms. The predicted molar refractivity (Wildman–Crippen MR) is 110 cm³/mol. The number of thiazole rings is 1. The number of amides is 2. The first-order valence-electron chi connectivity index (χ1n) is 9.36. The zero-order chi connectivity index (χ0) is 19.2. The van der Waals surface area contributed by atoms with Gasteiger partial charge in [0.2, 0.25) is 11.8 Å². The highest BCUT2D eigenvalue weighted by atomic mass is 32.1. The van der Waals surface area contributed by atoms with Crippen molar-refractivity contribution in [1.29, 1.82) is 0 Å². The Labute approximate surface area is 164 Å². The highest BCUT2D eigenvalue weighted by Gasteiger charge is 2.27. The molecule has 1 aromatic carbocycles. The number of hydrogen-bond acceptors (Lipinski definition) is 4. The highest BCUT2D eigenvalue weighted by Crippen LogP contribution is 2.25. The van der Waals surface area contributed by atoms with Gasteiger partial charge in [0.25, 0.3) is 0 Å². The van der Waals surface area contributed by atoms with E-state index in [9.17, 15) is 9.59 Å².